The molecule has 0 amide bonds. The Morgan fingerprint density at radius 3 is 1.46 bits per heavy atom. The second-order valence-corrected chi connectivity index (χ2v) is 8.99. The average molecular weight is 403 g/mol. The monoisotopic (exact) mass is 402 g/mol. The predicted molar refractivity (Wildman–Crippen MR) is 106 cm³/mol. The van der Waals surface area contributed by atoms with Crippen LogP contribution in [0.2, 0.25) is 0 Å². The quantitative estimate of drug-likeness (QED) is 0.373. The molecule has 0 aromatic rings. The number of ether oxygens (including phenoxy) is 1. The fourth-order valence-electron chi connectivity index (χ4n) is 3.37. The van der Waals surface area contributed by atoms with Crippen molar-refractivity contribution in [3.8, 4) is 0 Å². The van der Waals surface area contributed by atoms with Crippen LogP contribution >= 0.6 is 0 Å². The molecule has 0 aliphatic heterocycles. The fraction of sp³-hybridized carbons (Fsp3) is 0.857. The zero-order chi connectivity index (χ0) is 22.1. The van der Waals surface area contributed by atoms with Crippen molar-refractivity contribution in [3.05, 3.63) is 0 Å². The Morgan fingerprint density at radius 2 is 1.18 bits per heavy atom. The third-order valence-electron chi connectivity index (χ3n) is 5.27. The summed E-state index contributed by atoms with van der Waals surface area (Å²) in [5.41, 5.74) is -4.13. The van der Waals surface area contributed by atoms with Crippen LogP contribution in [0.3, 0.4) is 0 Å². The molecule has 164 valence electrons. The van der Waals surface area contributed by atoms with Gasteiger partial charge >= 0.3 is 17.9 Å². The highest BCUT2D eigenvalue weighted by Gasteiger charge is 2.63. The van der Waals surface area contributed by atoms with E-state index in [1.807, 2.05) is 41.5 Å². The Morgan fingerprint density at radius 1 is 0.750 bits per heavy atom. The van der Waals surface area contributed by atoms with Crippen molar-refractivity contribution in [1.29, 1.82) is 0 Å². The molecule has 3 N–H and O–H groups in total. The fourth-order valence-corrected chi connectivity index (χ4v) is 3.37. The van der Waals surface area contributed by atoms with Gasteiger partial charge in [0.2, 0.25) is 0 Å². The molecule has 0 saturated heterocycles. The first-order chi connectivity index (χ1) is 12.8. The minimum atomic E-state index is -2.32. The van der Waals surface area contributed by atoms with Crippen LogP contribution in [0.4, 0.5) is 0 Å². The molecular weight excluding hydrogens is 364 g/mol. The highest BCUT2D eigenvalue weighted by atomic mass is 16.5. The number of aliphatic carboxylic acids is 3. The second kappa shape index (κ2) is 11.4. The van der Waals surface area contributed by atoms with Gasteiger partial charge < -0.3 is 20.1 Å². The first-order valence-electron chi connectivity index (χ1n) is 10.1. The summed E-state index contributed by atoms with van der Waals surface area (Å²) in [6.07, 6.45) is 0.656. The van der Waals surface area contributed by atoms with Crippen LogP contribution in [-0.4, -0.2) is 45.4 Å². The Bertz CT molecular complexity index is 513. The zero-order valence-corrected chi connectivity index (χ0v) is 18.2. The lowest BCUT2D eigenvalue weighted by molar-refractivity contribution is -0.209. The van der Waals surface area contributed by atoms with E-state index in [0.29, 0.717) is 19.3 Å². The minimum Gasteiger partial charge on any atom is -0.481 e. The van der Waals surface area contributed by atoms with Gasteiger partial charge in [-0.25, -0.2) is 4.79 Å². The van der Waals surface area contributed by atoms with Crippen molar-refractivity contribution in [3.63, 3.8) is 0 Å². The van der Waals surface area contributed by atoms with Gasteiger partial charge in [0.1, 0.15) is 5.41 Å². The van der Waals surface area contributed by atoms with Crippen molar-refractivity contribution < 1.29 is 34.4 Å². The number of rotatable bonds is 15. The van der Waals surface area contributed by atoms with Crippen LogP contribution in [0.1, 0.15) is 80.1 Å². The third kappa shape index (κ3) is 7.08. The first kappa shape index (κ1) is 26.4. The first-order valence-corrected chi connectivity index (χ1v) is 10.1. The zero-order valence-electron chi connectivity index (χ0n) is 18.2. The number of carboxylic acids is 3. The maximum absolute atomic E-state index is 12.5. The summed E-state index contributed by atoms with van der Waals surface area (Å²) in [6, 6.07) is 0. The van der Waals surface area contributed by atoms with E-state index >= 15 is 0 Å². The molecule has 0 aromatic carbocycles. The molecule has 0 rings (SSSR count). The van der Waals surface area contributed by atoms with Gasteiger partial charge in [-0.2, -0.15) is 0 Å². The molecule has 28 heavy (non-hydrogen) atoms. The van der Waals surface area contributed by atoms with E-state index in [0.717, 1.165) is 0 Å². The lowest BCUT2D eigenvalue weighted by Crippen LogP contribution is -2.61. The van der Waals surface area contributed by atoms with Crippen molar-refractivity contribution in [2.75, 3.05) is 6.61 Å². The number of hydrogen-bond donors (Lipinski definition) is 3. The number of carbonyl (C=O) groups is 3. The molecule has 0 fully saturated rings. The summed E-state index contributed by atoms with van der Waals surface area (Å²) < 4.78 is 5.74. The van der Waals surface area contributed by atoms with Crippen molar-refractivity contribution in [2.24, 2.45) is 23.2 Å². The highest BCUT2D eigenvalue weighted by molar-refractivity contribution is 5.92. The Kier molecular flexibility index (Phi) is 10.7. The summed E-state index contributed by atoms with van der Waals surface area (Å²) in [5.74, 6) is -3.71. The molecule has 0 heterocycles. The summed E-state index contributed by atoms with van der Waals surface area (Å²) in [4.78, 5) is 36.6. The maximum Gasteiger partial charge on any atom is 0.337 e. The number of hydrogen-bond acceptors (Lipinski definition) is 4. The van der Waals surface area contributed by atoms with E-state index in [4.69, 9.17) is 4.74 Å². The normalized spacial score (nSPS) is 14.5. The van der Waals surface area contributed by atoms with Crippen LogP contribution in [0.15, 0.2) is 0 Å². The van der Waals surface area contributed by atoms with Gasteiger partial charge in [-0.15, -0.1) is 0 Å². The topological polar surface area (TPSA) is 121 Å². The van der Waals surface area contributed by atoms with E-state index in [9.17, 15) is 29.7 Å². The SMILES string of the molecule is CC(C)CCOC(CC(=O)O)(C(=O)O)C(CCC(C)C)(CCC(C)C)C(=O)O. The van der Waals surface area contributed by atoms with E-state index in [2.05, 4.69) is 0 Å². The van der Waals surface area contributed by atoms with Gasteiger partial charge in [-0.3, -0.25) is 9.59 Å². The Labute approximate surface area is 168 Å². The van der Waals surface area contributed by atoms with Crippen LogP contribution in [0, 0.1) is 23.2 Å². The molecule has 7 nitrogen and oxygen atoms in total. The molecule has 7 heteroatoms. The van der Waals surface area contributed by atoms with Gasteiger partial charge in [0.25, 0.3) is 0 Å². The molecule has 0 bridgehead atoms. The predicted octanol–water partition coefficient (Wildman–Crippen LogP) is 4.29. The van der Waals surface area contributed by atoms with E-state index in [1.54, 1.807) is 0 Å². The average Bonchev–Trinajstić information content (AvgIpc) is 2.52. The van der Waals surface area contributed by atoms with Crippen molar-refractivity contribution >= 4 is 17.9 Å². The van der Waals surface area contributed by atoms with Crippen LogP contribution in [0.25, 0.3) is 0 Å². The molecule has 0 saturated carbocycles. The van der Waals surface area contributed by atoms with Crippen LogP contribution < -0.4 is 0 Å². The van der Waals surface area contributed by atoms with Gasteiger partial charge in [0, 0.05) is 6.61 Å². The van der Waals surface area contributed by atoms with Crippen molar-refractivity contribution in [2.45, 2.75) is 85.7 Å². The summed E-state index contributed by atoms with van der Waals surface area (Å²) >= 11 is 0. The lowest BCUT2D eigenvalue weighted by Gasteiger charge is -2.45. The largest absolute Gasteiger partial charge is 0.481 e. The Balaban J connectivity index is 6.43. The van der Waals surface area contributed by atoms with Gasteiger partial charge in [-0.05, 0) is 49.9 Å². The molecule has 0 aromatic heterocycles. The molecule has 0 spiro atoms. The lowest BCUT2D eigenvalue weighted by atomic mass is 9.63. The van der Waals surface area contributed by atoms with Gasteiger partial charge in [-0.1, -0.05) is 41.5 Å². The van der Waals surface area contributed by atoms with E-state index in [1.165, 1.54) is 0 Å². The molecular formula is C21H38O7. The van der Waals surface area contributed by atoms with E-state index in [-0.39, 0.29) is 37.2 Å². The smallest absolute Gasteiger partial charge is 0.337 e. The third-order valence-corrected chi connectivity index (χ3v) is 5.27. The van der Waals surface area contributed by atoms with Crippen LogP contribution in [-0.2, 0) is 19.1 Å². The maximum atomic E-state index is 12.5. The Hall–Kier alpha value is -1.63. The van der Waals surface area contributed by atoms with Crippen molar-refractivity contribution in [1.82, 2.24) is 0 Å². The molecule has 0 aliphatic rings. The highest BCUT2D eigenvalue weighted by Crippen LogP contribution is 2.47. The van der Waals surface area contributed by atoms with Crippen LogP contribution in [0.5, 0.6) is 0 Å². The van der Waals surface area contributed by atoms with Gasteiger partial charge in [0.15, 0.2) is 5.60 Å². The molecule has 0 radical (unpaired) electrons. The molecule has 0 aliphatic carbocycles. The second-order valence-electron chi connectivity index (χ2n) is 8.99. The molecule has 1 atom stereocenters. The molecule has 1 unspecified atom stereocenters. The minimum absolute atomic E-state index is 0.00433. The van der Waals surface area contributed by atoms with Gasteiger partial charge in [0.05, 0.1) is 6.42 Å². The summed E-state index contributed by atoms with van der Waals surface area (Å²) in [7, 11) is 0. The number of carboxylic acid groups (broad SMARTS) is 3. The summed E-state index contributed by atoms with van der Waals surface area (Å²) in [6.45, 7) is 11.6. The van der Waals surface area contributed by atoms with E-state index < -0.39 is 35.3 Å². The summed E-state index contributed by atoms with van der Waals surface area (Å²) in [5, 5.41) is 29.8. The standard InChI is InChI=1S/C21H38O7/c1-14(2)7-10-20(18(24)25,11-8-15(3)4)21(19(26)27,13-17(22)23)28-12-9-16(5)6/h14-16H,7-13H2,1-6H3,(H,22,23)(H,24,25)(H,26,27).